The lowest BCUT2D eigenvalue weighted by molar-refractivity contribution is 0.381. The number of nitrogen functional groups attached to an aromatic ring is 3. The summed E-state index contributed by atoms with van der Waals surface area (Å²) in [6.45, 7) is 0. The first-order valence-electron chi connectivity index (χ1n) is 4.83. The summed E-state index contributed by atoms with van der Waals surface area (Å²) >= 11 is 0. The van der Waals surface area contributed by atoms with Crippen molar-refractivity contribution in [2.24, 2.45) is 0 Å². The zero-order valence-corrected chi connectivity index (χ0v) is 10.4. The van der Waals surface area contributed by atoms with Crippen molar-refractivity contribution in [2.75, 3.05) is 17.2 Å². The minimum Gasteiger partial charge on any atom is -0.399 e. The molecule has 0 fully saturated rings. The molecular weight excluding hydrogens is 274 g/mol. The molecule has 0 amide bonds. The summed E-state index contributed by atoms with van der Waals surface area (Å²) in [5, 5.41) is 4.04. The highest BCUT2D eigenvalue weighted by atomic mass is 32.3. The van der Waals surface area contributed by atoms with Crippen LogP contribution in [-0.2, 0) is 10.4 Å². The molecule has 0 atom stereocenters. The number of nitrogens with zero attached hydrogens (tertiary/aromatic N) is 2. The molecule has 2 aromatic rings. The van der Waals surface area contributed by atoms with Crippen molar-refractivity contribution in [3.05, 3.63) is 30.5 Å². The first kappa shape index (κ1) is 14.8. The van der Waals surface area contributed by atoms with E-state index in [0.717, 1.165) is 5.69 Å². The molecule has 2 rings (SSSR count). The third kappa shape index (κ3) is 4.83. The Bertz CT molecular complexity index is 642. The summed E-state index contributed by atoms with van der Waals surface area (Å²) < 4.78 is 33.1. The quantitative estimate of drug-likeness (QED) is 0.359. The van der Waals surface area contributed by atoms with Gasteiger partial charge in [-0.25, -0.2) is 4.68 Å². The smallest absolute Gasteiger partial charge is 0.394 e. The molecule has 0 saturated carbocycles. The molecule has 1 heterocycles. The zero-order valence-electron chi connectivity index (χ0n) is 9.63. The maximum absolute atomic E-state index is 8.74. The summed E-state index contributed by atoms with van der Waals surface area (Å²) in [5.74, 6) is 0.440. The molecule has 0 aliphatic rings. The Kier molecular flexibility index (Phi) is 4.32. The minimum absolute atomic E-state index is 0.440. The van der Waals surface area contributed by atoms with Crippen molar-refractivity contribution in [1.29, 1.82) is 0 Å². The molecule has 10 heteroatoms. The van der Waals surface area contributed by atoms with E-state index in [4.69, 9.17) is 34.7 Å². The first-order chi connectivity index (χ1) is 8.68. The van der Waals surface area contributed by atoms with Gasteiger partial charge >= 0.3 is 10.4 Å². The van der Waals surface area contributed by atoms with Crippen molar-refractivity contribution >= 4 is 27.6 Å². The predicted molar refractivity (Wildman–Crippen MR) is 71.0 cm³/mol. The monoisotopic (exact) mass is 287 g/mol. The van der Waals surface area contributed by atoms with Gasteiger partial charge in [0.1, 0.15) is 5.82 Å². The molecule has 104 valence electrons. The van der Waals surface area contributed by atoms with E-state index in [1.165, 1.54) is 6.20 Å². The van der Waals surface area contributed by atoms with Gasteiger partial charge in [-0.1, -0.05) is 0 Å². The molecule has 19 heavy (non-hydrogen) atoms. The lowest BCUT2D eigenvalue weighted by atomic mass is 10.3. The molecule has 0 unspecified atom stereocenters. The van der Waals surface area contributed by atoms with Crippen LogP contribution in [-0.4, -0.2) is 27.3 Å². The fourth-order valence-corrected chi connectivity index (χ4v) is 1.19. The molecule has 1 aromatic carbocycles. The van der Waals surface area contributed by atoms with E-state index >= 15 is 0 Å². The Labute approximate surface area is 109 Å². The lowest BCUT2D eigenvalue weighted by Crippen LogP contribution is -2.03. The molecule has 0 aliphatic carbocycles. The Morgan fingerprint density at radius 3 is 1.89 bits per heavy atom. The molecule has 0 saturated heterocycles. The Balaban J connectivity index is 0.000000312. The van der Waals surface area contributed by atoms with Crippen molar-refractivity contribution in [2.45, 2.75) is 0 Å². The second-order valence-corrected chi connectivity index (χ2v) is 4.33. The van der Waals surface area contributed by atoms with E-state index < -0.39 is 10.4 Å². The molecule has 1 aromatic heterocycles. The van der Waals surface area contributed by atoms with Gasteiger partial charge in [-0.2, -0.15) is 13.5 Å². The SMILES string of the molecule is Nc1ccc(-n2ncc(N)c2N)cc1.O=S(=O)(O)O. The molecular formula is C9H13N5O4S. The highest BCUT2D eigenvalue weighted by molar-refractivity contribution is 7.79. The van der Waals surface area contributed by atoms with E-state index in [9.17, 15) is 0 Å². The summed E-state index contributed by atoms with van der Waals surface area (Å²) in [6.07, 6.45) is 1.52. The second kappa shape index (κ2) is 5.56. The van der Waals surface area contributed by atoms with Crippen LogP contribution in [0.15, 0.2) is 30.5 Å². The standard InChI is InChI=1S/C9H11N5.H2O4S/c10-6-1-3-7(4-2-6)14-9(12)8(11)5-13-14;1-5(2,3)4/h1-5H,10-12H2;(H2,1,2,3,4). The molecule has 0 bridgehead atoms. The van der Waals surface area contributed by atoms with Crippen molar-refractivity contribution in [3.63, 3.8) is 0 Å². The maximum Gasteiger partial charge on any atom is 0.394 e. The number of benzene rings is 1. The fraction of sp³-hybridized carbons (Fsp3) is 0. The highest BCUT2D eigenvalue weighted by Crippen LogP contribution is 2.18. The van der Waals surface area contributed by atoms with Crippen LogP contribution in [0.25, 0.3) is 5.69 Å². The summed E-state index contributed by atoms with van der Waals surface area (Å²) in [4.78, 5) is 0. The average Bonchev–Trinajstić information content (AvgIpc) is 2.59. The van der Waals surface area contributed by atoms with Crippen LogP contribution in [0.5, 0.6) is 0 Å². The maximum atomic E-state index is 8.74. The molecule has 9 nitrogen and oxygen atoms in total. The highest BCUT2D eigenvalue weighted by Gasteiger charge is 2.04. The Morgan fingerprint density at radius 1 is 1.05 bits per heavy atom. The van der Waals surface area contributed by atoms with E-state index in [-0.39, 0.29) is 0 Å². The van der Waals surface area contributed by atoms with Crippen LogP contribution in [0, 0.1) is 0 Å². The number of hydrogen-bond acceptors (Lipinski definition) is 6. The molecule has 0 radical (unpaired) electrons. The van der Waals surface area contributed by atoms with Gasteiger partial charge in [0.05, 0.1) is 17.6 Å². The number of nitrogens with two attached hydrogens (primary N) is 3. The number of hydrogen-bond donors (Lipinski definition) is 5. The largest absolute Gasteiger partial charge is 0.399 e. The summed E-state index contributed by atoms with van der Waals surface area (Å²) in [6, 6.07) is 7.23. The van der Waals surface area contributed by atoms with Crippen molar-refractivity contribution < 1.29 is 17.5 Å². The van der Waals surface area contributed by atoms with E-state index in [1.807, 2.05) is 12.1 Å². The van der Waals surface area contributed by atoms with Crippen LogP contribution < -0.4 is 17.2 Å². The summed E-state index contributed by atoms with van der Waals surface area (Å²) in [5.41, 5.74) is 18.9. The summed E-state index contributed by atoms with van der Waals surface area (Å²) in [7, 11) is -4.67. The normalized spacial score (nSPS) is 10.6. The van der Waals surface area contributed by atoms with Gasteiger partial charge in [0, 0.05) is 5.69 Å². The Hall–Kier alpha value is -2.30. The van der Waals surface area contributed by atoms with Gasteiger partial charge in [0.25, 0.3) is 0 Å². The van der Waals surface area contributed by atoms with Gasteiger partial charge in [-0.05, 0) is 24.3 Å². The van der Waals surface area contributed by atoms with E-state index in [0.29, 0.717) is 17.2 Å². The van der Waals surface area contributed by atoms with Crippen molar-refractivity contribution in [3.8, 4) is 5.69 Å². The van der Waals surface area contributed by atoms with Crippen LogP contribution in [0.2, 0.25) is 0 Å². The van der Waals surface area contributed by atoms with Gasteiger partial charge < -0.3 is 17.2 Å². The van der Waals surface area contributed by atoms with Gasteiger partial charge in [-0.3, -0.25) is 9.11 Å². The lowest BCUT2D eigenvalue weighted by Gasteiger charge is -2.03. The topological polar surface area (TPSA) is 170 Å². The molecule has 0 spiro atoms. The average molecular weight is 287 g/mol. The predicted octanol–water partition coefficient (Wildman–Crippen LogP) is -0.0339. The number of aromatic nitrogens is 2. The van der Waals surface area contributed by atoms with Gasteiger partial charge in [0.15, 0.2) is 0 Å². The van der Waals surface area contributed by atoms with Crippen LogP contribution in [0.4, 0.5) is 17.2 Å². The van der Waals surface area contributed by atoms with Crippen LogP contribution >= 0.6 is 0 Å². The fourth-order valence-electron chi connectivity index (χ4n) is 1.19. The van der Waals surface area contributed by atoms with Gasteiger partial charge in [-0.15, -0.1) is 0 Å². The first-order valence-corrected chi connectivity index (χ1v) is 6.23. The number of rotatable bonds is 1. The van der Waals surface area contributed by atoms with Crippen LogP contribution in [0.1, 0.15) is 0 Å². The Morgan fingerprint density at radius 2 is 1.53 bits per heavy atom. The van der Waals surface area contributed by atoms with E-state index in [1.54, 1.807) is 16.8 Å². The molecule has 8 N–H and O–H groups in total. The van der Waals surface area contributed by atoms with E-state index in [2.05, 4.69) is 5.10 Å². The van der Waals surface area contributed by atoms with Gasteiger partial charge in [0.2, 0.25) is 0 Å². The second-order valence-electron chi connectivity index (χ2n) is 3.44. The molecule has 0 aliphatic heterocycles. The third-order valence-electron chi connectivity index (χ3n) is 1.97. The minimum atomic E-state index is -4.67. The van der Waals surface area contributed by atoms with Crippen LogP contribution in [0.3, 0.4) is 0 Å². The third-order valence-corrected chi connectivity index (χ3v) is 1.97. The number of anilines is 3. The van der Waals surface area contributed by atoms with Crippen molar-refractivity contribution in [1.82, 2.24) is 9.78 Å². The zero-order chi connectivity index (χ0) is 14.6.